The zero-order chi connectivity index (χ0) is 12.7. The van der Waals surface area contributed by atoms with E-state index in [9.17, 15) is 9.90 Å². The molecule has 0 aromatic carbocycles. The molecule has 4 nitrogen and oxygen atoms in total. The molecule has 0 spiro atoms. The first-order chi connectivity index (χ1) is 8.66. The zero-order valence-electron chi connectivity index (χ0n) is 9.92. The van der Waals surface area contributed by atoms with Crippen molar-refractivity contribution in [3.63, 3.8) is 0 Å². The lowest BCUT2D eigenvalue weighted by Crippen LogP contribution is -2.46. The Morgan fingerprint density at radius 1 is 1.39 bits per heavy atom. The molecule has 2 unspecified atom stereocenters. The summed E-state index contributed by atoms with van der Waals surface area (Å²) < 4.78 is 0. The first kappa shape index (κ1) is 11.8. The molecule has 1 N–H and O–H groups in total. The van der Waals surface area contributed by atoms with Crippen molar-refractivity contribution < 1.29 is 9.90 Å². The van der Waals surface area contributed by atoms with Crippen molar-refractivity contribution in [3.8, 4) is 5.75 Å². The molecule has 2 bridgehead atoms. The monoisotopic (exact) mass is 266 g/mol. The summed E-state index contributed by atoms with van der Waals surface area (Å²) in [5.74, 6) is -0.138. The fourth-order valence-corrected chi connectivity index (χ4v) is 3.56. The van der Waals surface area contributed by atoms with Gasteiger partial charge in [0, 0.05) is 23.7 Å². The van der Waals surface area contributed by atoms with Crippen molar-refractivity contribution in [1.82, 2.24) is 9.88 Å². The van der Waals surface area contributed by atoms with Gasteiger partial charge in [0.1, 0.15) is 5.75 Å². The van der Waals surface area contributed by atoms with Gasteiger partial charge in [-0.3, -0.25) is 9.78 Å². The smallest absolute Gasteiger partial charge is 0.258 e. The van der Waals surface area contributed by atoms with E-state index in [2.05, 4.69) is 4.98 Å². The SMILES string of the molecule is O=C(c1ccncc1O)N1C2CCC1CC(Cl)C2. The molecule has 1 amide bonds. The minimum atomic E-state index is -0.0917. The fourth-order valence-electron chi connectivity index (χ4n) is 3.15. The van der Waals surface area contributed by atoms with E-state index in [-0.39, 0.29) is 29.1 Å². The second-order valence-corrected chi connectivity index (χ2v) is 5.68. The lowest BCUT2D eigenvalue weighted by molar-refractivity contribution is 0.0596. The number of halogens is 1. The number of aromatic nitrogens is 1. The van der Waals surface area contributed by atoms with Crippen LogP contribution in [0.25, 0.3) is 0 Å². The van der Waals surface area contributed by atoms with Crippen LogP contribution in [-0.2, 0) is 0 Å². The largest absolute Gasteiger partial charge is 0.505 e. The summed E-state index contributed by atoms with van der Waals surface area (Å²) >= 11 is 6.20. The van der Waals surface area contributed by atoms with E-state index in [1.807, 2.05) is 4.90 Å². The van der Waals surface area contributed by atoms with Crippen molar-refractivity contribution in [2.75, 3.05) is 0 Å². The minimum Gasteiger partial charge on any atom is -0.505 e. The Kier molecular flexibility index (Phi) is 2.90. The van der Waals surface area contributed by atoms with E-state index >= 15 is 0 Å². The van der Waals surface area contributed by atoms with Crippen molar-refractivity contribution >= 4 is 17.5 Å². The van der Waals surface area contributed by atoms with Gasteiger partial charge in [-0.15, -0.1) is 11.6 Å². The van der Waals surface area contributed by atoms with Crippen LogP contribution in [0.1, 0.15) is 36.0 Å². The Bertz CT molecular complexity index is 466. The third-order valence-electron chi connectivity index (χ3n) is 3.94. The maximum absolute atomic E-state index is 12.5. The summed E-state index contributed by atoms with van der Waals surface area (Å²) in [6, 6.07) is 2.03. The number of carbonyl (C=O) groups is 1. The van der Waals surface area contributed by atoms with Crippen molar-refractivity contribution in [2.45, 2.75) is 43.1 Å². The van der Waals surface area contributed by atoms with Gasteiger partial charge in [0.25, 0.3) is 5.91 Å². The molecule has 2 saturated heterocycles. The van der Waals surface area contributed by atoms with Crippen molar-refractivity contribution in [3.05, 3.63) is 24.0 Å². The highest BCUT2D eigenvalue weighted by molar-refractivity contribution is 6.20. The highest BCUT2D eigenvalue weighted by atomic mass is 35.5. The van der Waals surface area contributed by atoms with Crippen LogP contribution in [0.4, 0.5) is 0 Å². The number of alkyl halides is 1. The van der Waals surface area contributed by atoms with Gasteiger partial charge < -0.3 is 10.0 Å². The van der Waals surface area contributed by atoms with Crippen molar-refractivity contribution in [2.24, 2.45) is 0 Å². The standard InChI is InChI=1S/C13H15ClN2O2/c14-8-5-9-1-2-10(6-8)16(9)13(18)11-3-4-15-7-12(11)17/h3-4,7-10,17H,1-2,5-6H2. The molecule has 3 heterocycles. The maximum atomic E-state index is 12.5. The number of hydrogen-bond acceptors (Lipinski definition) is 3. The highest BCUT2D eigenvalue weighted by Crippen LogP contribution is 2.39. The van der Waals surface area contributed by atoms with E-state index in [1.54, 1.807) is 6.07 Å². The predicted molar refractivity (Wildman–Crippen MR) is 67.8 cm³/mol. The number of piperidine rings is 1. The number of pyridine rings is 1. The molecular formula is C13H15ClN2O2. The Labute approximate surface area is 111 Å². The molecule has 0 aliphatic carbocycles. The lowest BCUT2D eigenvalue weighted by Gasteiger charge is -2.37. The lowest BCUT2D eigenvalue weighted by atomic mass is 10.0. The predicted octanol–water partition coefficient (Wildman–Crippen LogP) is 2.16. The van der Waals surface area contributed by atoms with Crippen LogP contribution in [0.2, 0.25) is 0 Å². The number of rotatable bonds is 1. The molecule has 0 radical (unpaired) electrons. The van der Waals surface area contributed by atoms with Gasteiger partial charge in [-0.05, 0) is 31.7 Å². The molecule has 5 heteroatoms. The summed E-state index contributed by atoms with van der Waals surface area (Å²) in [4.78, 5) is 18.2. The number of fused-ring (bicyclic) bond motifs is 2. The van der Waals surface area contributed by atoms with Crippen LogP contribution in [0.15, 0.2) is 18.5 Å². The third-order valence-corrected chi connectivity index (χ3v) is 4.30. The van der Waals surface area contributed by atoms with Crippen LogP contribution >= 0.6 is 11.6 Å². The van der Waals surface area contributed by atoms with Crippen LogP contribution in [0.3, 0.4) is 0 Å². The molecule has 2 aliphatic heterocycles. The molecule has 2 aliphatic rings. The molecule has 1 aromatic rings. The number of hydrogen-bond donors (Lipinski definition) is 1. The van der Waals surface area contributed by atoms with Crippen LogP contribution < -0.4 is 0 Å². The second-order valence-electron chi connectivity index (χ2n) is 5.06. The topological polar surface area (TPSA) is 53.4 Å². The highest BCUT2D eigenvalue weighted by Gasteiger charge is 2.43. The first-order valence-corrected chi connectivity index (χ1v) is 6.70. The molecule has 18 heavy (non-hydrogen) atoms. The van der Waals surface area contributed by atoms with E-state index < -0.39 is 0 Å². The minimum absolute atomic E-state index is 0.0464. The normalized spacial score (nSPS) is 30.5. The van der Waals surface area contributed by atoms with Gasteiger partial charge in [-0.1, -0.05) is 0 Å². The number of aromatic hydroxyl groups is 1. The Balaban J connectivity index is 1.88. The molecule has 2 atom stereocenters. The van der Waals surface area contributed by atoms with Crippen LogP contribution in [0, 0.1) is 0 Å². The van der Waals surface area contributed by atoms with E-state index in [1.165, 1.54) is 12.4 Å². The number of amides is 1. The molecule has 1 aromatic heterocycles. The van der Waals surface area contributed by atoms with E-state index in [0.29, 0.717) is 5.56 Å². The summed E-state index contributed by atoms with van der Waals surface area (Å²) in [7, 11) is 0. The Morgan fingerprint density at radius 3 is 2.67 bits per heavy atom. The second kappa shape index (κ2) is 4.43. The quantitative estimate of drug-likeness (QED) is 0.793. The van der Waals surface area contributed by atoms with Gasteiger partial charge in [0.2, 0.25) is 0 Å². The summed E-state index contributed by atoms with van der Waals surface area (Å²) in [5, 5.41) is 9.90. The van der Waals surface area contributed by atoms with Gasteiger partial charge in [0.15, 0.2) is 0 Å². The summed E-state index contributed by atoms with van der Waals surface area (Å²) in [5.41, 5.74) is 0.343. The summed E-state index contributed by atoms with van der Waals surface area (Å²) in [6.45, 7) is 0. The van der Waals surface area contributed by atoms with Gasteiger partial charge in [-0.25, -0.2) is 0 Å². The Morgan fingerprint density at radius 2 is 2.06 bits per heavy atom. The maximum Gasteiger partial charge on any atom is 0.258 e. The summed E-state index contributed by atoms with van der Waals surface area (Å²) in [6.07, 6.45) is 6.59. The fraction of sp³-hybridized carbons (Fsp3) is 0.538. The van der Waals surface area contributed by atoms with Gasteiger partial charge in [-0.2, -0.15) is 0 Å². The van der Waals surface area contributed by atoms with Gasteiger partial charge in [0.05, 0.1) is 11.8 Å². The average molecular weight is 267 g/mol. The zero-order valence-corrected chi connectivity index (χ0v) is 10.7. The molecule has 96 valence electrons. The molecular weight excluding hydrogens is 252 g/mol. The molecule has 0 saturated carbocycles. The third kappa shape index (κ3) is 1.85. The molecule has 3 rings (SSSR count). The van der Waals surface area contributed by atoms with E-state index in [4.69, 9.17) is 11.6 Å². The van der Waals surface area contributed by atoms with E-state index in [0.717, 1.165) is 25.7 Å². The number of carbonyl (C=O) groups excluding carboxylic acids is 1. The Hall–Kier alpha value is -1.29. The van der Waals surface area contributed by atoms with Crippen molar-refractivity contribution in [1.29, 1.82) is 0 Å². The van der Waals surface area contributed by atoms with Crippen LogP contribution in [-0.4, -0.2) is 38.4 Å². The average Bonchev–Trinajstić information content (AvgIpc) is 2.61. The van der Waals surface area contributed by atoms with Crippen LogP contribution in [0.5, 0.6) is 5.75 Å². The first-order valence-electron chi connectivity index (χ1n) is 6.26. The van der Waals surface area contributed by atoms with Gasteiger partial charge >= 0.3 is 0 Å². The number of nitrogens with zero attached hydrogens (tertiary/aromatic N) is 2. The molecule has 2 fully saturated rings.